The van der Waals surface area contributed by atoms with Gasteiger partial charge in [0.05, 0.1) is 0 Å². The second-order valence-electron chi connectivity index (χ2n) is 10.2. The van der Waals surface area contributed by atoms with Crippen LogP contribution in [-0.2, 0) is 11.2 Å². The summed E-state index contributed by atoms with van der Waals surface area (Å²) in [6, 6.07) is 7.48. The van der Waals surface area contributed by atoms with Crippen LogP contribution in [0.25, 0.3) is 10.6 Å². The largest absolute Gasteiger partial charge is 0.444 e. The van der Waals surface area contributed by atoms with Gasteiger partial charge in [-0.25, -0.2) is 9.78 Å². The zero-order valence-corrected chi connectivity index (χ0v) is 19.0. The fraction of sp³-hybridized carbons (Fsp3) is 0.583. The summed E-state index contributed by atoms with van der Waals surface area (Å²) in [5, 5.41) is 3.15. The van der Waals surface area contributed by atoms with Gasteiger partial charge < -0.3 is 9.64 Å². The number of ether oxygens (including phenoxy) is 1. The third-order valence-electron chi connectivity index (χ3n) is 6.86. The molecule has 2 saturated heterocycles. The van der Waals surface area contributed by atoms with E-state index in [0.29, 0.717) is 11.5 Å². The summed E-state index contributed by atoms with van der Waals surface area (Å²) in [6.07, 6.45) is 6.28. The van der Waals surface area contributed by atoms with E-state index in [1.54, 1.807) is 11.3 Å². The van der Waals surface area contributed by atoms with Crippen LogP contribution >= 0.6 is 11.3 Å². The van der Waals surface area contributed by atoms with Crippen LogP contribution in [0.15, 0.2) is 29.8 Å². The highest BCUT2D eigenvalue weighted by molar-refractivity contribution is 7.13. The number of aromatic nitrogens is 1. The summed E-state index contributed by atoms with van der Waals surface area (Å²) in [7, 11) is 0. The van der Waals surface area contributed by atoms with E-state index in [2.05, 4.69) is 28.1 Å². The van der Waals surface area contributed by atoms with E-state index in [1.165, 1.54) is 23.1 Å². The van der Waals surface area contributed by atoms with Crippen LogP contribution < -0.4 is 0 Å². The van der Waals surface area contributed by atoms with Gasteiger partial charge >= 0.3 is 6.09 Å². The minimum atomic E-state index is -0.422. The van der Waals surface area contributed by atoms with Gasteiger partial charge in [-0.2, -0.15) is 0 Å². The van der Waals surface area contributed by atoms with E-state index in [4.69, 9.17) is 4.74 Å². The molecule has 30 heavy (non-hydrogen) atoms. The summed E-state index contributed by atoms with van der Waals surface area (Å²) in [5.41, 5.74) is 4.22. The molecule has 0 unspecified atom stereocenters. The number of hydrogen-bond acceptors (Lipinski definition) is 5. The Hall–Kier alpha value is -1.92. The molecule has 0 N–H and O–H groups in total. The number of amides is 1. The molecule has 160 valence electrons. The summed E-state index contributed by atoms with van der Waals surface area (Å²) >= 11 is 1.71. The molecule has 5 rings (SSSR count). The van der Waals surface area contributed by atoms with Crippen LogP contribution in [0.5, 0.6) is 0 Å². The molecule has 2 aromatic rings. The second-order valence-corrected chi connectivity index (χ2v) is 11.1. The van der Waals surface area contributed by atoms with Crippen molar-refractivity contribution in [3.63, 3.8) is 0 Å². The molecule has 6 heteroatoms. The van der Waals surface area contributed by atoms with Crippen molar-refractivity contribution < 1.29 is 9.53 Å². The molecule has 1 amide bonds. The lowest BCUT2D eigenvalue weighted by atomic mass is 9.71. The fourth-order valence-corrected chi connectivity index (χ4v) is 5.95. The molecule has 1 aliphatic carbocycles. The Morgan fingerprint density at radius 1 is 1.23 bits per heavy atom. The SMILES string of the molecule is CC(C)(C)OC(=O)N1CCC2(CC1)CN([C@@H]1CCc3cc(-c4nccs4)ccc31)C2. The highest BCUT2D eigenvalue weighted by Crippen LogP contribution is 2.48. The predicted molar refractivity (Wildman–Crippen MR) is 120 cm³/mol. The van der Waals surface area contributed by atoms with Gasteiger partial charge in [-0.3, -0.25) is 4.90 Å². The summed E-state index contributed by atoms with van der Waals surface area (Å²) in [5.74, 6) is 0. The van der Waals surface area contributed by atoms with Gasteiger partial charge in [-0.05, 0) is 69.1 Å². The maximum absolute atomic E-state index is 12.3. The minimum absolute atomic E-state index is 0.158. The van der Waals surface area contributed by atoms with Crippen molar-refractivity contribution in [3.8, 4) is 10.6 Å². The van der Waals surface area contributed by atoms with Crippen LogP contribution in [0.3, 0.4) is 0 Å². The van der Waals surface area contributed by atoms with Gasteiger partial charge in [0.15, 0.2) is 0 Å². The van der Waals surface area contributed by atoms with Crippen molar-refractivity contribution in [1.82, 2.24) is 14.8 Å². The van der Waals surface area contributed by atoms with E-state index >= 15 is 0 Å². The lowest BCUT2D eigenvalue weighted by Crippen LogP contribution is -2.61. The van der Waals surface area contributed by atoms with Crippen molar-refractivity contribution >= 4 is 17.4 Å². The fourth-order valence-electron chi connectivity index (χ4n) is 5.32. The number of thiazole rings is 1. The number of rotatable bonds is 2. The number of benzene rings is 1. The van der Waals surface area contributed by atoms with E-state index in [1.807, 2.05) is 37.2 Å². The van der Waals surface area contributed by atoms with Crippen LogP contribution in [0.1, 0.15) is 57.2 Å². The minimum Gasteiger partial charge on any atom is -0.444 e. The summed E-state index contributed by atoms with van der Waals surface area (Å²) in [6.45, 7) is 9.75. The highest BCUT2D eigenvalue weighted by atomic mass is 32.1. The number of carbonyl (C=O) groups excluding carboxylic acids is 1. The lowest BCUT2D eigenvalue weighted by molar-refractivity contribution is -0.0716. The number of carbonyl (C=O) groups is 1. The molecule has 3 aliphatic rings. The maximum atomic E-state index is 12.3. The number of nitrogens with zero attached hydrogens (tertiary/aromatic N) is 3. The van der Waals surface area contributed by atoms with Crippen molar-refractivity contribution in [2.75, 3.05) is 26.2 Å². The molecular weight excluding hydrogens is 394 g/mol. The predicted octanol–water partition coefficient (Wildman–Crippen LogP) is 5.13. The molecule has 1 spiro atoms. The van der Waals surface area contributed by atoms with Crippen LogP contribution in [-0.4, -0.2) is 52.7 Å². The number of piperidine rings is 1. The van der Waals surface area contributed by atoms with E-state index in [9.17, 15) is 4.79 Å². The molecule has 3 heterocycles. The van der Waals surface area contributed by atoms with Crippen LogP contribution in [0.2, 0.25) is 0 Å². The molecule has 2 aliphatic heterocycles. The smallest absolute Gasteiger partial charge is 0.410 e. The molecule has 1 aromatic carbocycles. The molecule has 1 atom stereocenters. The molecule has 2 fully saturated rings. The molecular formula is C24H31N3O2S. The van der Waals surface area contributed by atoms with E-state index in [0.717, 1.165) is 50.4 Å². The first kappa shape index (κ1) is 20.0. The average Bonchev–Trinajstić information content (AvgIpc) is 3.34. The second kappa shape index (κ2) is 7.34. The van der Waals surface area contributed by atoms with Gasteiger partial charge in [0, 0.05) is 49.4 Å². The first-order chi connectivity index (χ1) is 14.3. The van der Waals surface area contributed by atoms with E-state index in [-0.39, 0.29) is 6.09 Å². The topological polar surface area (TPSA) is 45.7 Å². The molecule has 0 saturated carbocycles. The van der Waals surface area contributed by atoms with Crippen molar-refractivity contribution in [3.05, 3.63) is 40.9 Å². The van der Waals surface area contributed by atoms with Gasteiger partial charge in [-0.15, -0.1) is 11.3 Å². The van der Waals surface area contributed by atoms with Gasteiger partial charge in [0.1, 0.15) is 10.6 Å². The quantitative estimate of drug-likeness (QED) is 0.669. The number of hydrogen-bond donors (Lipinski definition) is 0. The number of aryl methyl sites for hydroxylation is 1. The van der Waals surface area contributed by atoms with Crippen LogP contribution in [0, 0.1) is 5.41 Å². The van der Waals surface area contributed by atoms with Crippen molar-refractivity contribution in [1.29, 1.82) is 0 Å². The lowest BCUT2D eigenvalue weighted by Gasteiger charge is -2.56. The van der Waals surface area contributed by atoms with Crippen LogP contribution in [0.4, 0.5) is 4.79 Å². The normalized spacial score (nSPS) is 23.3. The Balaban J connectivity index is 1.18. The summed E-state index contributed by atoms with van der Waals surface area (Å²) in [4.78, 5) is 21.4. The third-order valence-corrected chi connectivity index (χ3v) is 7.68. The Morgan fingerprint density at radius 2 is 2.00 bits per heavy atom. The third kappa shape index (κ3) is 3.76. The standard InChI is InChI=1S/C24H31N3O2S/c1-23(2,3)29-22(28)26-11-8-24(9-12-26)15-27(16-24)20-7-5-17-14-18(4-6-19(17)20)21-25-10-13-30-21/h4,6,10,13-14,20H,5,7-9,11-12,15-16H2,1-3H3/t20-/m1/s1. The molecule has 5 nitrogen and oxygen atoms in total. The Kier molecular flexibility index (Phi) is 4.90. The Morgan fingerprint density at radius 3 is 2.67 bits per heavy atom. The monoisotopic (exact) mass is 425 g/mol. The highest BCUT2D eigenvalue weighted by Gasteiger charge is 2.48. The summed E-state index contributed by atoms with van der Waals surface area (Å²) < 4.78 is 5.55. The first-order valence-corrected chi connectivity index (χ1v) is 11.9. The molecule has 0 bridgehead atoms. The Labute approximate surface area is 183 Å². The zero-order valence-electron chi connectivity index (χ0n) is 18.2. The van der Waals surface area contributed by atoms with Crippen molar-refractivity contribution in [2.24, 2.45) is 5.41 Å². The average molecular weight is 426 g/mol. The Bertz CT molecular complexity index is 918. The number of fused-ring (bicyclic) bond motifs is 1. The van der Waals surface area contributed by atoms with Gasteiger partial charge in [0.25, 0.3) is 0 Å². The van der Waals surface area contributed by atoms with Gasteiger partial charge in [-0.1, -0.05) is 12.1 Å². The van der Waals surface area contributed by atoms with Gasteiger partial charge in [0.2, 0.25) is 0 Å². The number of likely N-dealkylation sites (tertiary alicyclic amines) is 2. The first-order valence-electron chi connectivity index (χ1n) is 11.1. The molecule has 0 radical (unpaired) electrons. The van der Waals surface area contributed by atoms with E-state index < -0.39 is 5.60 Å². The zero-order chi connectivity index (χ0) is 20.9. The molecule has 1 aromatic heterocycles. The van der Waals surface area contributed by atoms with Crippen molar-refractivity contribution in [2.45, 2.75) is 58.1 Å². The maximum Gasteiger partial charge on any atom is 0.410 e.